The number of halogens is 1. The first-order valence-corrected chi connectivity index (χ1v) is 4.62. The van der Waals surface area contributed by atoms with Gasteiger partial charge in [-0.15, -0.1) is 0 Å². The van der Waals surface area contributed by atoms with E-state index in [1.165, 1.54) is 6.92 Å². The predicted molar refractivity (Wildman–Crippen MR) is 54.3 cm³/mol. The van der Waals surface area contributed by atoms with Gasteiger partial charge in [0.2, 0.25) is 0 Å². The fourth-order valence-corrected chi connectivity index (χ4v) is 1.50. The molecule has 0 atom stereocenters. The summed E-state index contributed by atoms with van der Waals surface area (Å²) in [6.45, 7) is 3.31. The molecular formula is C10H9BrO2. The van der Waals surface area contributed by atoms with E-state index in [4.69, 9.17) is 0 Å². The van der Waals surface area contributed by atoms with Crippen LogP contribution in [0.5, 0.6) is 0 Å². The van der Waals surface area contributed by atoms with Crippen LogP contribution in [0.4, 0.5) is 0 Å². The van der Waals surface area contributed by atoms with Gasteiger partial charge in [0.15, 0.2) is 5.78 Å². The fraction of sp³-hybridized carbons (Fsp3) is 0.200. The topological polar surface area (TPSA) is 34.1 Å². The van der Waals surface area contributed by atoms with Gasteiger partial charge in [0.05, 0.1) is 0 Å². The molecule has 13 heavy (non-hydrogen) atoms. The van der Waals surface area contributed by atoms with Crippen molar-refractivity contribution >= 4 is 28.0 Å². The summed E-state index contributed by atoms with van der Waals surface area (Å²) >= 11 is 3.29. The predicted octanol–water partition coefficient (Wildman–Crippen LogP) is 2.77. The molecule has 0 saturated heterocycles. The molecule has 0 aromatic heterocycles. The van der Waals surface area contributed by atoms with E-state index in [1.807, 2.05) is 6.92 Å². The highest BCUT2D eigenvalue weighted by Crippen LogP contribution is 2.21. The highest BCUT2D eigenvalue weighted by atomic mass is 79.9. The molecule has 1 aromatic rings. The van der Waals surface area contributed by atoms with Crippen molar-refractivity contribution in [3.8, 4) is 0 Å². The maximum absolute atomic E-state index is 11.0. The van der Waals surface area contributed by atoms with Gasteiger partial charge in [-0.3, -0.25) is 9.59 Å². The van der Waals surface area contributed by atoms with Crippen molar-refractivity contribution in [2.45, 2.75) is 13.8 Å². The second-order valence-corrected chi connectivity index (χ2v) is 3.70. The first kappa shape index (κ1) is 10.1. The van der Waals surface area contributed by atoms with Gasteiger partial charge in [-0.2, -0.15) is 0 Å². The van der Waals surface area contributed by atoms with Crippen LogP contribution in [0.3, 0.4) is 0 Å². The number of aldehydes is 1. The summed E-state index contributed by atoms with van der Waals surface area (Å²) in [5.41, 5.74) is 1.97. The van der Waals surface area contributed by atoms with Crippen molar-refractivity contribution in [2.75, 3.05) is 0 Å². The number of hydrogen-bond donors (Lipinski definition) is 0. The molecule has 1 rings (SSSR count). The molecule has 0 aliphatic heterocycles. The summed E-state index contributed by atoms with van der Waals surface area (Å²) in [5, 5.41) is 0. The lowest BCUT2D eigenvalue weighted by Crippen LogP contribution is -1.97. The molecule has 0 aliphatic carbocycles. The average Bonchev–Trinajstić information content (AvgIpc) is 2.09. The Hall–Kier alpha value is -0.960. The number of benzene rings is 1. The van der Waals surface area contributed by atoms with Gasteiger partial charge in [-0.05, 0) is 31.5 Å². The Morgan fingerprint density at radius 1 is 1.46 bits per heavy atom. The molecule has 0 radical (unpaired) electrons. The molecule has 0 amide bonds. The van der Waals surface area contributed by atoms with Gasteiger partial charge in [-0.25, -0.2) is 0 Å². The Morgan fingerprint density at radius 3 is 2.54 bits per heavy atom. The molecule has 2 nitrogen and oxygen atoms in total. The smallest absolute Gasteiger partial charge is 0.159 e. The van der Waals surface area contributed by atoms with Gasteiger partial charge in [0, 0.05) is 15.6 Å². The second kappa shape index (κ2) is 3.83. The summed E-state index contributed by atoms with van der Waals surface area (Å²) in [7, 11) is 0. The normalized spacial score (nSPS) is 9.77. The summed E-state index contributed by atoms with van der Waals surface area (Å²) < 4.78 is 0.794. The lowest BCUT2D eigenvalue weighted by atomic mass is 10.0. The zero-order chi connectivity index (χ0) is 10.0. The van der Waals surface area contributed by atoms with Crippen molar-refractivity contribution in [1.29, 1.82) is 0 Å². The van der Waals surface area contributed by atoms with Crippen molar-refractivity contribution in [3.05, 3.63) is 33.3 Å². The van der Waals surface area contributed by atoms with Crippen LogP contribution < -0.4 is 0 Å². The molecule has 68 valence electrons. The molecule has 0 bridgehead atoms. The first-order chi connectivity index (χ1) is 6.06. The summed E-state index contributed by atoms with van der Waals surface area (Å²) in [5.74, 6) is -0.0381. The quantitative estimate of drug-likeness (QED) is 0.589. The van der Waals surface area contributed by atoms with E-state index in [1.54, 1.807) is 12.1 Å². The van der Waals surface area contributed by atoms with E-state index in [-0.39, 0.29) is 5.78 Å². The van der Waals surface area contributed by atoms with Crippen LogP contribution in [0, 0.1) is 6.92 Å². The first-order valence-electron chi connectivity index (χ1n) is 3.82. The van der Waals surface area contributed by atoms with Gasteiger partial charge in [0.1, 0.15) is 6.29 Å². The highest BCUT2D eigenvalue weighted by molar-refractivity contribution is 9.10. The van der Waals surface area contributed by atoms with Gasteiger partial charge in [0.25, 0.3) is 0 Å². The van der Waals surface area contributed by atoms with Crippen molar-refractivity contribution in [2.24, 2.45) is 0 Å². The molecular weight excluding hydrogens is 232 g/mol. The maximum atomic E-state index is 11.0. The van der Waals surface area contributed by atoms with Crippen LogP contribution in [0.15, 0.2) is 16.6 Å². The molecule has 0 N–H and O–H groups in total. The molecule has 0 aliphatic rings. The summed E-state index contributed by atoms with van der Waals surface area (Å²) in [6, 6.07) is 3.33. The standard InChI is InChI=1S/C10H9BrO2/c1-6-9(5-12)3-8(7(2)13)4-10(6)11/h3-5H,1-2H3. The molecule has 3 heteroatoms. The van der Waals surface area contributed by atoms with Crippen molar-refractivity contribution in [3.63, 3.8) is 0 Å². The Kier molecular flexibility index (Phi) is 2.98. The van der Waals surface area contributed by atoms with Crippen molar-refractivity contribution in [1.82, 2.24) is 0 Å². The molecule has 0 unspecified atom stereocenters. The van der Waals surface area contributed by atoms with Crippen LogP contribution >= 0.6 is 15.9 Å². The summed E-state index contributed by atoms with van der Waals surface area (Å²) in [4.78, 5) is 21.7. The molecule has 0 heterocycles. The summed E-state index contributed by atoms with van der Waals surface area (Å²) in [6.07, 6.45) is 0.756. The largest absolute Gasteiger partial charge is 0.298 e. The molecule has 0 saturated carbocycles. The van der Waals surface area contributed by atoms with Crippen molar-refractivity contribution < 1.29 is 9.59 Å². The number of hydrogen-bond acceptors (Lipinski definition) is 2. The lowest BCUT2D eigenvalue weighted by Gasteiger charge is -2.04. The molecule has 0 fully saturated rings. The van der Waals surface area contributed by atoms with E-state index in [0.29, 0.717) is 11.1 Å². The minimum Gasteiger partial charge on any atom is -0.298 e. The fourth-order valence-electron chi connectivity index (χ4n) is 1.03. The minimum atomic E-state index is -0.0381. The van der Waals surface area contributed by atoms with Crippen LogP contribution in [0.25, 0.3) is 0 Å². The van der Waals surface area contributed by atoms with E-state index in [2.05, 4.69) is 15.9 Å². The van der Waals surface area contributed by atoms with Crippen LogP contribution in [-0.4, -0.2) is 12.1 Å². The van der Waals surface area contributed by atoms with Crippen LogP contribution in [0.1, 0.15) is 33.2 Å². The number of carbonyl (C=O) groups is 2. The zero-order valence-corrected chi connectivity index (χ0v) is 9.01. The Morgan fingerprint density at radius 2 is 2.08 bits per heavy atom. The maximum Gasteiger partial charge on any atom is 0.159 e. The number of rotatable bonds is 2. The van der Waals surface area contributed by atoms with Gasteiger partial charge in [-0.1, -0.05) is 15.9 Å². The third-order valence-electron chi connectivity index (χ3n) is 1.92. The van der Waals surface area contributed by atoms with Gasteiger partial charge >= 0.3 is 0 Å². The highest BCUT2D eigenvalue weighted by Gasteiger charge is 2.07. The zero-order valence-electron chi connectivity index (χ0n) is 7.43. The Bertz CT molecular complexity index is 369. The monoisotopic (exact) mass is 240 g/mol. The Labute approximate surface area is 85.1 Å². The lowest BCUT2D eigenvalue weighted by molar-refractivity contribution is 0.101. The SMILES string of the molecule is CC(=O)c1cc(Br)c(C)c(C=O)c1. The van der Waals surface area contributed by atoms with E-state index < -0.39 is 0 Å². The van der Waals surface area contributed by atoms with E-state index in [0.717, 1.165) is 16.3 Å². The van der Waals surface area contributed by atoms with E-state index in [9.17, 15) is 9.59 Å². The molecule has 0 spiro atoms. The van der Waals surface area contributed by atoms with Crippen LogP contribution in [0.2, 0.25) is 0 Å². The third-order valence-corrected chi connectivity index (χ3v) is 2.74. The Balaban J connectivity index is 3.38. The minimum absolute atomic E-state index is 0.0381. The van der Waals surface area contributed by atoms with Crippen LogP contribution in [-0.2, 0) is 0 Å². The number of carbonyl (C=O) groups excluding carboxylic acids is 2. The average molecular weight is 241 g/mol. The third kappa shape index (κ3) is 2.04. The number of ketones is 1. The van der Waals surface area contributed by atoms with Gasteiger partial charge < -0.3 is 0 Å². The van der Waals surface area contributed by atoms with E-state index >= 15 is 0 Å². The number of Topliss-reactive ketones (excluding diaryl/α,β-unsaturated/α-hetero) is 1. The molecule has 1 aromatic carbocycles. The second-order valence-electron chi connectivity index (χ2n) is 2.85.